The number of amides is 2. The molecule has 0 aliphatic carbocycles. The Morgan fingerprint density at radius 2 is 2.00 bits per heavy atom. The van der Waals surface area contributed by atoms with Crippen LogP contribution in [0.2, 0.25) is 5.02 Å². The maximum atomic E-state index is 12.7. The second-order valence-corrected chi connectivity index (χ2v) is 8.64. The number of fused-ring (bicyclic) bond motifs is 1. The Balaban J connectivity index is 1.32. The zero-order chi connectivity index (χ0) is 21.1. The molecule has 0 unspecified atom stereocenters. The van der Waals surface area contributed by atoms with E-state index in [1.54, 1.807) is 18.3 Å². The summed E-state index contributed by atoms with van der Waals surface area (Å²) in [5.41, 5.74) is 4.09. The van der Waals surface area contributed by atoms with E-state index in [0.29, 0.717) is 24.7 Å². The number of nitrogens with one attached hydrogen (secondary N) is 1. The Kier molecular flexibility index (Phi) is 6.35. The molecule has 1 atom stereocenters. The zero-order valence-corrected chi connectivity index (χ0v) is 18.0. The van der Waals surface area contributed by atoms with Crippen molar-refractivity contribution in [1.82, 2.24) is 20.1 Å². The minimum absolute atomic E-state index is 0.0252. The van der Waals surface area contributed by atoms with Crippen LogP contribution in [0.5, 0.6) is 0 Å². The second-order valence-electron chi connectivity index (χ2n) is 8.21. The van der Waals surface area contributed by atoms with Gasteiger partial charge in [-0.25, -0.2) is 0 Å². The average molecular weight is 427 g/mol. The number of likely N-dealkylation sites (tertiary alicyclic amines) is 1. The molecule has 1 fully saturated rings. The normalized spacial score (nSPS) is 18.9. The standard InChI is InChI=1S/C23H27ClN4O2/c1-27-9-3-2-4-21(27)23(30)26-12-16-5-6-17-14-28(15-18(17)10-16)22(29)11-20-8-7-19(24)13-25-20/h5-8,10,13,21H,2-4,9,11-12,14-15H2,1H3,(H,26,30)/t21-/m1/s1. The van der Waals surface area contributed by atoms with Crippen molar-refractivity contribution >= 4 is 23.4 Å². The first-order chi connectivity index (χ1) is 14.5. The number of carbonyl (C=O) groups is 2. The molecule has 3 heterocycles. The zero-order valence-electron chi connectivity index (χ0n) is 17.2. The molecule has 1 N–H and O–H groups in total. The van der Waals surface area contributed by atoms with Crippen molar-refractivity contribution in [1.29, 1.82) is 0 Å². The fraction of sp³-hybridized carbons (Fsp3) is 0.435. The van der Waals surface area contributed by atoms with Crippen molar-refractivity contribution in [3.63, 3.8) is 0 Å². The molecule has 6 nitrogen and oxygen atoms in total. The lowest BCUT2D eigenvalue weighted by Crippen LogP contribution is -2.47. The molecule has 0 spiro atoms. The van der Waals surface area contributed by atoms with Crippen molar-refractivity contribution in [2.45, 2.75) is 51.4 Å². The van der Waals surface area contributed by atoms with Crippen molar-refractivity contribution in [3.8, 4) is 0 Å². The van der Waals surface area contributed by atoms with Gasteiger partial charge in [-0.2, -0.15) is 0 Å². The van der Waals surface area contributed by atoms with E-state index in [0.717, 1.165) is 48.2 Å². The topological polar surface area (TPSA) is 65.5 Å². The van der Waals surface area contributed by atoms with Crippen LogP contribution >= 0.6 is 11.6 Å². The number of rotatable bonds is 5. The number of carbonyl (C=O) groups excluding carboxylic acids is 2. The van der Waals surface area contributed by atoms with Gasteiger partial charge in [0.2, 0.25) is 11.8 Å². The maximum absolute atomic E-state index is 12.7. The van der Waals surface area contributed by atoms with Gasteiger partial charge in [-0.1, -0.05) is 36.2 Å². The van der Waals surface area contributed by atoms with Crippen LogP contribution in [-0.4, -0.2) is 46.2 Å². The van der Waals surface area contributed by atoms with E-state index < -0.39 is 0 Å². The monoisotopic (exact) mass is 426 g/mol. The summed E-state index contributed by atoms with van der Waals surface area (Å²) < 4.78 is 0. The van der Waals surface area contributed by atoms with Gasteiger partial charge in [0.25, 0.3) is 0 Å². The molecular weight excluding hydrogens is 400 g/mol. The summed E-state index contributed by atoms with van der Waals surface area (Å²) in [4.78, 5) is 33.4. The van der Waals surface area contributed by atoms with Crippen LogP contribution in [0.25, 0.3) is 0 Å². The van der Waals surface area contributed by atoms with E-state index >= 15 is 0 Å². The molecule has 30 heavy (non-hydrogen) atoms. The molecule has 1 aromatic carbocycles. The number of hydrogen-bond donors (Lipinski definition) is 1. The van der Waals surface area contributed by atoms with E-state index in [9.17, 15) is 9.59 Å². The van der Waals surface area contributed by atoms with Gasteiger partial charge in [-0.3, -0.25) is 19.5 Å². The Hall–Kier alpha value is -2.44. The van der Waals surface area contributed by atoms with Gasteiger partial charge >= 0.3 is 0 Å². The summed E-state index contributed by atoms with van der Waals surface area (Å²) in [5, 5.41) is 3.65. The molecule has 2 aliphatic rings. The first-order valence-corrected chi connectivity index (χ1v) is 10.8. The molecule has 2 aromatic rings. The lowest BCUT2D eigenvalue weighted by atomic mass is 10.0. The largest absolute Gasteiger partial charge is 0.351 e. The van der Waals surface area contributed by atoms with Gasteiger partial charge < -0.3 is 10.2 Å². The number of likely N-dealkylation sites (N-methyl/N-ethyl adjacent to an activating group) is 1. The van der Waals surface area contributed by atoms with Crippen LogP contribution in [0, 0.1) is 0 Å². The third-order valence-corrected chi connectivity index (χ3v) is 6.23. The number of benzene rings is 1. The van der Waals surface area contributed by atoms with E-state index in [1.165, 1.54) is 0 Å². The lowest BCUT2D eigenvalue weighted by molar-refractivity contribution is -0.131. The third kappa shape index (κ3) is 4.82. The number of nitrogens with zero attached hydrogens (tertiary/aromatic N) is 3. The van der Waals surface area contributed by atoms with E-state index in [-0.39, 0.29) is 24.3 Å². The number of halogens is 1. The fourth-order valence-electron chi connectivity index (χ4n) is 4.23. The van der Waals surface area contributed by atoms with Gasteiger partial charge in [-0.05, 0) is 55.3 Å². The molecular formula is C23H27ClN4O2. The predicted molar refractivity (Wildman–Crippen MR) is 116 cm³/mol. The van der Waals surface area contributed by atoms with Crippen molar-refractivity contribution in [2.75, 3.05) is 13.6 Å². The van der Waals surface area contributed by atoms with Crippen LogP contribution < -0.4 is 5.32 Å². The van der Waals surface area contributed by atoms with E-state index in [1.807, 2.05) is 18.0 Å². The van der Waals surface area contributed by atoms with Crippen LogP contribution in [0.15, 0.2) is 36.5 Å². The molecule has 0 radical (unpaired) electrons. The summed E-state index contributed by atoms with van der Waals surface area (Å²) >= 11 is 5.86. The molecule has 0 bridgehead atoms. The molecule has 1 aromatic heterocycles. The SMILES string of the molecule is CN1CCCC[C@@H]1C(=O)NCc1ccc2c(c1)CN(C(=O)Cc1ccc(Cl)cn1)C2. The molecule has 7 heteroatoms. The third-order valence-electron chi connectivity index (χ3n) is 6.01. The summed E-state index contributed by atoms with van der Waals surface area (Å²) in [6, 6.07) is 9.72. The predicted octanol–water partition coefficient (Wildman–Crippen LogP) is 2.92. The minimum atomic E-state index is -0.0252. The van der Waals surface area contributed by atoms with Gasteiger partial charge in [0.1, 0.15) is 0 Å². The molecule has 0 saturated carbocycles. The number of pyridine rings is 1. The van der Waals surface area contributed by atoms with Crippen LogP contribution in [0.3, 0.4) is 0 Å². The minimum Gasteiger partial charge on any atom is -0.351 e. The van der Waals surface area contributed by atoms with Crippen LogP contribution in [-0.2, 0) is 35.6 Å². The Bertz CT molecular complexity index is 931. The van der Waals surface area contributed by atoms with Gasteiger partial charge in [0.15, 0.2) is 0 Å². The fourth-order valence-corrected chi connectivity index (χ4v) is 4.34. The molecule has 1 saturated heterocycles. The second kappa shape index (κ2) is 9.14. The summed E-state index contributed by atoms with van der Waals surface area (Å²) in [6.07, 6.45) is 5.02. The molecule has 2 aliphatic heterocycles. The Labute approximate surface area is 182 Å². The molecule has 4 rings (SSSR count). The van der Waals surface area contributed by atoms with Crippen molar-refractivity contribution in [3.05, 3.63) is 63.9 Å². The first-order valence-electron chi connectivity index (χ1n) is 10.5. The highest BCUT2D eigenvalue weighted by atomic mass is 35.5. The quantitative estimate of drug-likeness (QED) is 0.798. The number of hydrogen-bond acceptors (Lipinski definition) is 4. The molecule has 158 valence electrons. The van der Waals surface area contributed by atoms with Crippen molar-refractivity contribution in [2.24, 2.45) is 0 Å². The highest BCUT2D eigenvalue weighted by Gasteiger charge is 2.26. The summed E-state index contributed by atoms with van der Waals surface area (Å²) in [6.45, 7) is 2.70. The summed E-state index contributed by atoms with van der Waals surface area (Å²) in [7, 11) is 2.02. The van der Waals surface area contributed by atoms with Gasteiger partial charge in [0, 0.05) is 31.5 Å². The highest BCUT2D eigenvalue weighted by molar-refractivity contribution is 6.30. The van der Waals surface area contributed by atoms with Gasteiger partial charge in [-0.15, -0.1) is 0 Å². The summed E-state index contributed by atoms with van der Waals surface area (Å²) in [5.74, 6) is 0.154. The maximum Gasteiger partial charge on any atom is 0.237 e. The van der Waals surface area contributed by atoms with E-state index in [4.69, 9.17) is 11.6 Å². The molecule has 2 amide bonds. The Morgan fingerprint density at radius 1 is 1.17 bits per heavy atom. The average Bonchev–Trinajstić information content (AvgIpc) is 3.17. The van der Waals surface area contributed by atoms with Crippen LogP contribution in [0.1, 0.15) is 41.6 Å². The first kappa shape index (κ1) is 20.8. The lowest BCUT2D eigenvalue weighted by Gasteiger charge is -2.31. The van der Waals surface area contributed by atoms with Gasteiger partial charge in [0.05, 0.1) is 17.5 Å². The van der Waals surface area contributed by atoms with E-state index in [2.05, 4.69) is 27.3 Å². The highest BCUT2D eigenvalue weighted by Crippen LogP contribution is 2.25. The smallest absolute Gasteiger partial charge is 0.237 e. The van der Waals surface area contributed by atoms with Crippen molar-refractivity contribution < 1.29 is 9.59 Å². The Morgan fingerprint density at radius 3 is 2.77 bits per heavy atom. The number of aromatic nitrogens is 1. The van der Waals surface area contributed by atoms with Crippen LogP contribution in [0.4, 0.5) is 0 Å². The number of piperidine rings is 1.